The van der Waals surface area contributed by atoms with Gasteiger partial charge in [-0.2, -0.15) is 0 Å². The van der Waals surface area contributed by atoms with Gasteiger partial charge in [-0.25, -0.2) is 4.98 Å². The van der Waals surface area contributed by atoms with Gasteiger partial charge < -0.3 is 11.1 Å². The van der Waals surface area contributed by atoms with Gasteiger partial charge in [0, 0.05) is 24.9 Å². The number of aromatic nitrogens is 1. The predicted octanol–water partition coefficient (Wildman–Crippen LogP) is 2.88. The first-order valence-electron chi connectivity index (χ1n) is 7.56. The van der Waals surface area contributed by atoms with E-state index < -0.39 is 0 Å². The number of nitrogens with zero attached hydrogens (tertiary/aromatic N) is 1. The van der Waals surface area contributed by atoms with Crippen molar-refractivity contribution in [2.45, 2.75) is 51.9 Å². The number of thiazole rings is 1. The van der Waals surface area contributed by atoms with Crippen molar-refractivity contribution in [3.8, 4) is 0 Å². The lowest BCUT2D eigenvalue weighted by Crippen LogP contribution is -2.40. The van der Waals surface area contributed by atoms with Gasteiger partial charge in [-0.3, -0.25) is 0 Å². The molecule has 1 aromatic rings. The van der Waals surface area contributed by atoms with Crippen LogP contribution in [0.2, 0.25) is 0 Å². The molecule has 0 radical (unpaired) electrons. The van der Waals surface area contributed by atoms with Crippen LogP contribution in [0.3, 0.4) is 0 Å². The fraction of sp³-hybridized carbons (Fsp3) is 0.800. The normalized spacial score (nSPS) is 19.3. The molecule has 0 unspecified atom stereocenters. The summed E-state index contributed by atoms with van der Waals surface area (Å²) in [6.45, 7) is 4.99. The van der Waals surface area contributed by atoms with E-state index in [0.29, 0.717) is 5.41 Å². The maximum absolute atomic E-state index is 6.05. The van der Waals surface area contributed by atoms with Crippen LogP contribution in [0.5, 0.6) is 0 Å². The van der Waals surface area contributed by atoms with Crippen molar-refractivity contribution in [3.63, 3.8) is 0 Å². The van der Waals surface area contributed by atoms with E-state index in [4.69, 9.17) is 5.73 Å². The summed E-state index contributed by atoms with van der Waals surface area (Å²) < 4.78 is 0. The van der Waals surface area contributed by atoms with Gasteiger partial charge in [-0.05, 0) is 31.7 Å². The molecule has 0 aliphatic heterocycles. The van der Waals surface area contributed by atoms with Crippen molar-refractivity contribution in [2.75, 3.05) is 19.6 Å². The van der Waals surface area contributed by atoms with E-state index in [2.05, 4.69) is 22.6 Å². The second kappa shape index (κ2) is 7.36. The first-order chi connectivity index (χ1) is 9.24. The third-order valence-electron chi connectivity index (χ3n) is 4.32. The van der Waals surface area contributed by atoms with Crippen molar-refractivity contribution in [1.82, 2.24) is 10.3 Å². The molecule has 3 N–H and O–H groups in total. The maximum atomic E-state index is 6.05. The van der Waals surface area contributed by atoms with E-state index in [-0.39, 0.29) is 0 Å². The second-order valence-corrected chi connectivity index (χ2v) is 6.97. The van der Waals surface area contributed by atoms with Crippen molar-refractivity contribution < 1.29 is 0 Å². The van der Waals surface area contributed by atoms with Crippen LogP contribution in [0.4, 0.5) is 0 Å². The lowest BCUT2D eigenvalue weighted by atomic mass is 9.80. The lowest BCUT2D eigenvalue weighted by Gasteiger charge is -2.31. The van der Waals surface area contributed by atoms with Gasteiger partial charge in [0.05, 0.1) is 10.7 Å². The number of hydrogen-bond acceptors (Lipinski definition) is 4. The molecular weight excluding hydrogens is 254 g/mol. The van der Waals surface area contributed by atoms with Crippen LogP contribution in [-0.2, 0) is 6.42 Å². The number of nitrogens with one attached hydrogen (secondary N) is 1. The molecule has 19 heavy (non-hydrogen) atoms. The molecule has 4 heteroatoms. The molecule has 3 nitrogen and oxygen atoms in total. The van der Waals surface area contributed by atoms with Crippen LogP contribution < -0.4 is 11.1 Å². The molecule has 108 valence electrons. The minimum absolute atomic E-state index is 0.356. The first kappa shape index (κ1) is 14.9. The largest absolute Gasteiger partial charge is 0.330 e. The zero-order chi connectivity index (χ0) is 13.6. The summed E-state index contributed by atoms with van der Waals surface area (Å²) in [5.74, 6) is 0. The summed E-state index contributed by atoms with van der Waals surface area (Å²) in [6.07, 6.45) is 9.11. The van der Waals surface area contributed by atoms with Crippen molar-refractivity contribution in [1.29, 1.82) is 0 Å². The van der Waals surface area contributed by atoms with Gasteiger partial charge in [0.1, 0.15) is 0 Å². The van der Waals surface area contributed by atoms with E-state index in [9.17, 15) is 0 Å². The molecule has 1 saturated carbocycles. The number of aryl methyl sites for hydroxylation is 1. The Morgan fingerprint density at radius 1 is 1.32 bits per heavy atom. The average Bonchev–Trinajstić information content (AvgIpc) is 2.70. The van der Waals surface area contributed by atoms with Gasteiger partial charge in [0.15, 0.2) is 0 Å². The Labute approximate surface area is 121 Å². The Bertz CT molecular complexity index is 367. The quantitative estimate of drug-likeness (QED) is 0.623. The molecule has 1 heterocycles. The summed E-state index contributed by atoms with van der Waals surface area (Å²) in [7, 11) is 0. The average molecular weight is 281 g/mol. The smallest absolute Gasteiger partial charge is 0.0897 e. The summed E-state index contributed by atoms with van der Waals surface area (Å²) in [6, 6.07) is 0. The molecule has 0 spiro atoms. The zero-order valence-corrected chi connectivity index (χ0v) is 12.9. The Kier molecular flexibility index (Phi) is 5.79. The Balaban J connectivity index is 1.73. The standard InChI is InChI=1S/C15H27N3S/c1-13-18-14(10-19-13)6-9-17-12-15(11-16)7-4-2-3-5-8-15/h10,17H,2-9,11-12,16H2,1H3. The molecule has 1 fully saturated rings. The van der Waals surface area contributed by atoms with Crippen LogP contribution in [0.1, 0.15) is 49.2 Å². The van der Waals surface area contributed by atoms with Crippen LogP contribution in [0, 0.1) is 12.3 Å². The molecule has 0 amide bonds. The number of rotatable bonds is 6. The molecule has 0 bridgehead atoms. The number of nitrogens with two attached hydrogens (primary N) is 1. The van der Waals surface area contributed by atoms with E-state index in [1.165, 1.54) is 44.2 Å². The molecule has 0 saturated heterocycles. The maximum Gasteiger partial charge on any atom is 0.0897 e. The number of hydrogen-bond donors (Lipinski definition) is 2. The van der Waals surface area contributed by atoms with E-state index in [1.54, 1.807) is 11.3 Å². The van der Waals surface area contributed by atoms with Crippen molar-refractivity contribution in [2.24, 2.45) is 11.1 Å². The summed E-state index contributed by atoms with van der Waals surface area (Å²) in [5, 5.41) is 6.95. The second-order valence-electron chi connectivity index (χ2n) is 5.90. The van der Waals surface area contributed by atoms with Gasteiger partial charge in [-0.1, -0.05) is 25.7 Å². The van der Waals surface area contributed by atoms with Crippen molar-refractivity contribution >= 4 is 11.3 Å². The van der Waals surface area contributed by atoms with Crippen LogP contribution in [-0.4, -0.2) is 24.6 Å². The SMILES string of the molecule is Cc1nc(CCNCC2(CN)CCCCCC2)cs1. The molecule has 0 atom stereocenters. The Morgan fingerprint density at radius 3 is 2.63 bits per heavy atom. The third-order valence-corrected chi connectivity index (χ3v) is 5.14. The van der Waals surface area contributed by atoms with Gasteiger partial charge in [0.25, 0.3) is 0 Å². The van der Waals surface area contributed by atoms with Crippen molar-refractivity contribution in [3.05, 3.63) is 16.1 Å². The predicted molar refractivity (Wildman–Crippen MR) is 82.6 cm³/mol. The Hall–Kier alpha value is -0.450. The van der Waals surface area contributed by atoms with Crippen LogP contribution >= 0.6 is 11.3 Å². The molecule has 1 aromatic heterocycles. The molecule has 0 aromatic carbocycles. The highest BCUT2D eigenvalue weighted by atomic mass is 32.1. The Morgan fingerprint density at radius 2 is 2.05 bits per heavy atom. The van der Waals surface area contributed by atoms with Crippen LogP contribution in [0.25, 0.3) is 0 Å². The summed E-state index contributed by atoms with van der Waals surface area (Å²) in [5.41, 5.74) is 7.63. The highest BCUT2D eigenvalue weighted by Crippen LogP contribution is 2.33. The summed E-state index contributed by atoms with van der Waals surface area (Å²) in [4.78, 5) is 4.50. The fourth-order valence-corrected chi connectivity index (χ4v) is 3.67. The fourth-order valence-electron chi connectivity index (χ4n) is 3.02. The topological polar surface area (TPSA) is 50.9 Å². The lowest BCUT2D eigenvalue weighted by molar-refractivity contribution is 0.243. The third kappa shape index (κ3) is 4.55. The monoisotopic (exact) mass is 281 g/mol. The molecule has 1 aliphatic rings. The van der Waals surface area contributed by atoms with Gasteiger partial charge in [-0.15, -0.1) is 11.3 Å². The highest BCUT2D eigenvalue weighted by molar-refractivity contribution is 7.09. The van der Waals surface area contributed by atoms with E-state index >= 15 is 0 Å². The molecular formula is C15H27N3S. The molecule has 2 rings (SSSR count). The van der Waals surface area contributed by atoms with E-state index in [0.717, 1.165) is 31.1 Å². The van der Waals surface area contributed by atoms with Gasteiger partial charge >= 0.3 is 0 Å². The van der Waals surface area contributed by atoms with Crippen LogP contribution in [0.15, 0.2) is 5.38 Å². The minimum atomic E-state index is 0.356. The minimum Gasteiger partial charge on any atom is -0.330 e. The molecule has 1 aliphatic carbocycles. The van der Waals surface area contributed by atoms with Gasteiger partial charge in [0.2, 0.25) is 0 Å². The summed E-state index contributed by atoms with van der Waals surface area (Å²) >= 11 is 1.74. The highest BCUT2D eigenvalue weighted by Gasteiger charge is 2.28. The first-order valence-corrected chi connectivity index (χ1v) is 8.44. The zero-order valence-electron chi connectivity index (χ0n) is 12.1. The van der Waals surface area contributed by atoms with E-state index in [1.807, 2.05) is 0 Å².